The Morgan fingerprint density at radius 1 is 0.963 bits per heavy atom. The fourth-order valence-corrected chi connectivity index (χ4v) is 4.47. The second-order valence-corrected chi connectivity index (χ2v) is 8.33. The summed E-state index contributed by atoms with van der Waals surface area (Å²) < 4.78 is 0. The molecule has 1 aliphatic rings. The Morgan fingerprint density at radius 3 is 2.48 bits per heavy atom. The topological polar surface area (TPSA) is 3.24 Å². The van der Waals surface area contributed by atoms with Crippen molar-refractivity contribution in [1.82, 2.24) is 0 Å². The van der Waals surface area contributed by atoms with Crippen LogP contribution < -0.4 is 4.90 Å². The van der Waals surface area contributed by atoms with Gasteiger partial charge >= 0.3 is 0 Å². The van der Waals surface area contributed by atoms with Gasteiger partial charge in [0, 0.05) is 21.7 Å². The van der Waals surface area contributed by atoms with Crippen LogP contribution in [0.4, 0.5) is 5.69 Å². The van der Waals surface area contributed by atoms with E-state index in [1.807, 2.05) is 30.4 Å². The molecule has 136 valence electrons. The molecule has 3 heteroatoms. The van der Waals surface area contributed by atoms with Gasteiger partial charge in [-0.1, -0.05) is 90.8 Å². The molecule has 0 aromatic heterocycles. The zero-order valence-corrected chi connectivity index (χ0v) is 17.3. The number of aryl methyl sites for hydroxylation is 1. The largest absolute Gasteiger partial charge is 0.338 e. The maximum absolute atomic E-state index is 4.11. The highest BCUT2D eigenvalue weighted by molar-refractivity contribution is 8.03. The van der Waals surface area contributed by atoms with Crippen LogP contribution in [0.3, 0.4) is 0 Å². The second kappa shape index (κ2) is 9.54. The number of thioether (sulfide) groups is 2. The SMILES string of the molecule is C=C(/C=C/C=C/C=C/C=C1\Sc2ccccc2N1C)Sc1ccccc1C. The molecule has 0 bridgehead atoms. The summed E-state index contributed by atoms with van der Waals surface area (Å²) in [6.07, 6.45) is 14.4. The van der Waals surface area contributed by atoms with E-state index in [9.17, 15) is 0 Å². The average molecular weight is 390 g/mol. The lowest BCUT2D eigenvalue weighted by atomic mass is 10.2. The minimum atomic E-state index is 1.03. The highest BCUT2D eigenvalue weighted by atomic mass is 32.2. The van der Waals surface area contributed by atoms with Gasteiger partial charge in [0.15, 0.2) is 0 Å². The Kier molecular flexibility index (Phi) is 6.86. The molecule has 3 rings (SSSR count). The lowest BCUT2D eigenvalue weighted by molar-refractivity contribution is 1.17. The fraction of sp³-hybridized carbons (Fsp3) is 0.0833. The van der Waals surface area contributed by atoms with Gasteiger partial charge in [0.2, 0.25) is 0 Å². The van der Waals surface area contributed by atoms with Crippen molar-refractivity contribution in [3.05, 3.63) is 113 Å². The predicted octanol–water partition coefficient (Wildman–Crippen LogP) is 7.35. The van der Waals surface area contributed by atoms with Crippen LogP contribution in [0, 0.1) is 6.92 Å². The van der Waals surface area contributed by atoms with Gasteiger partial charge in [-0.05, 0) is 42.8 Å². The fourth-order valence-electron chi connectivity index (χ4n) is 2.61. The lowest BCUT2D eigenvalue weighted by Gasteiger charge is -2.12. The Balaban J connectivity index is 1.49. The minimum absolute atomic E-state index is 1.03. The van der Waals surface area contributed by atoms with Crippen LogP contribution in [0.15, 0.2) is 117 Å². The van der Waals surface area contributed by atoms with Gasteiger partial charge in [-0.3, -0.25) is 0 Å². The number of allylic oxidation sites excluding steroid dienone is 7. The summed E-state index contributed by atoms with van der Waals surface area (Å²) in [5.41, 5.74) is 2.55. The molecule has 1 aliphatic heterocycles. The monoisotopic (exact) mass is 389 g/mol. The zero-order valence-electron chi connectivity index (χ0n) is 15.6. The van der Waals surface area contributed by atoms with Crippen LogP contribution in [-0.2, 0) is 0 Å². The molecule has 0 saturated heterocycles. The summed E-state index contributed by atoms with van der Waals surface area (Å²) in [7, 11) is 2.11. The van der Waals surface area contributed by atoms with E-state index in [0.717, 1.165) is 4.91 Å². The van der Waals surface area contributed by atoms with Crippen molar-refractivity contribution in [2.45, 2.75) is 16.7 Å². The predicted molar refractivity (Wildman–Crippen MR) is 122 cm³/mol. The van der Waals surface area contributed by atoms with Gasteiger partial charge < -0.3 is 4.90 Å². The van der Waals surface area contributed by atoms with E-state index in [1.165, 1.54) is 26.1 Å². The molecule has 0 fully saturated rings. The van der Waals surface area contributed by atoms with E-state index in [-0.39, 0.29) is 0 Å². The van der Waals surface area contributed by atoms with Crippen molar-refractivity contribution in [3.63, 3.8) is 0 Å². The average Bonchev–Trinajstić information content (AvgIpc) is 2.99. The maximum Gasteiger partial charge on any atom is 0.0798 e. The Hall–Kier alpha value is -2.36. The number of fused-ring (bicyclic) bond motifs is 1. The van der Waals surface area contributed by atoms with Gasteiger partial charge in [-0.15, -0.1) is 0 Å². The summed E-state index contributed by atoms with van der Waals surface area (Å²) in [6, 6.07) is 16.8. The highest BCUT2D eigenvalue weighted by Gasteiger charge is 2.20. The Labute approximate surface area is 170 Å². The van der Waals surface area contributed by atoms with Crippen LogP contribution >= 0.6 is 23.5 Å². The van der Waals surface area contributed by atoms with Gasteiger partial charge in [0.1, 0.15) is 0 Å². The molecule has 1 nitrogen and oxygen atoms in total. The van der Waals surface area contributed by atoms with E-state index < -0.39 is 0 Å². The van der Waals surface area contributed by atoms with Gasteiger partial charge in [0.05, 0.1) is 10.7 Å². The Bertz CT molecular complexity index is 935. The molecule has 0 amide bonds. The normalized spacial score (nSPS) is 15.5. The quantitative estimate of drug-likeness (QED) is 0.375. The number of para-hydroxylation sites is 1. The van der Waals surface area contributed by atoms with Gasteiger partial charge in [-0.25, -0.2) is 0 Å². The molecule has 0 unspecified atom stereocenters. The standard InChI is InChI=1S/C24H23NS2/c1-19-13-9-11-16-22(19)26-20(2)14-7-5-4-6-8-18-24-25(3)21-15-10-12-17-23(21)27-24/h4-18H,2H2,1,3H3/b5-4+,8-6+,14-7+,24-18-. The molecule has 1 heterocycles. The number of anilines is 1. The number of hydrogen-bond acceptors (Lipinski definition) is 3. The van der Waals surface area contributed by atoms with Crippen molar-refractivity contribution >= 4 is 29.2 Å². The summed E-state index contributed by atoms with van der Waals surface area (Å²) >= 11 is 3.50. The Morgan fingerprint density at radius 2 is 1.67 bits per heavy atom. The molecule has 0 atom stereocenters. The van der Waals surface area contributed by atoms with Crippen molar-refractivity contribution in [1.29, 1.82) is 0 Å². The third-order valence-electron chi connectivity index (χ3n) is 4.07. The first-order chi connectivity index (χ1) is 13.1. The first-order valence-electron chi connectivity index (χ1n) is 8.80. The van der Waals surface area contributed by atoms with Crippen molar-refractivity contribution in [3.8, 4) is 0 Å². The van der Waals surface area contributed by atoms with Gasteiger partial charge in [0.25, 0.3) is 0 Å². The first kappa shape index (κ1) is 19.4. The van der Waals surface area contributed by atoms with Crippen molar-refractivity contribution in [2.24, 2.45) is 0 Å². The summed E-state index contributed by atoms with van der Waals surface area (Å²) in [6.45, 7) is 6.23. The molecular weight excluding hydrogens is 366 g/mol. The summed E-state index contributed by atoms with van der Waals surface area (Å²) in [4.78, 5) is 5.81. The molecule has 2 aromatic rings. The van der Waals surface area contributed by atoms with Crippen molar-refractivity contribution in [2.75, 3.05) is 11.9 Å². The van der Waals surface area contributed by atoms with Crippen LogP contribution in [0.1, 0.15) is 5.56 Å². The molecule has 0 radical (unpaired) electrons. The number of benzene rings is 2. The minimum Gasteiger partial charge on any atom is -0.338 e. The second-order valence-electron chi connectivity index (χ2n) is 6.10. The molecule has 0 N–H and O–H groups in total. The van der Waals surface area contributed by atoms with E-state index in [4.69, 9.17) is 0 Å². The first-order valence-corrected chi connectivity index (χ1v) is 10.4. The van der Waals surface area contributed by atoms with E-state index >= 15 is 0 Å². The van der Waals surface area contributed by atoms with E-state index in [2.05, 4.69) is 86.1 Å². The lowest BCUT2D eigenvalue weighted by Crippen LogP contribution is -2.08. The van der Waals surface area contributed by atoms with E-state index in [1.54, 1.807) is 23.5 Å². The molecular formula is C24H23NS2. The third kappa shape index (κ3) is 5.31. The number of nitrogens with zero attached hydrogens (tertiary/aromatic N) is 1. The zero-order chi connectivity index (χ0) is 19.1. The summed E-state index contributed by atoms with van der Waals surface area (Å²) in [5.74, 6) is 0. The molecule has 27 heavy (non-hydrogen) atoms. The third-order valence-corrected chi connectivity index (χ3v) is 6.33. The van der Waals surface area contributed by atoms with Crippen LogP contribution in [-0.4, -0.2) is 7.05 Å². The van der Waals surface area contributed by atoms with Crippen LogP contribution in [0.5, 0.6) is 0 Å². The molecule has 0 saturated carbocycles. The molecule has 2 aromatic carbocycles. The highest BCUT2D eigenvalue weighted by Crippen LogP contribution is 2.44. The number of rotatable bonds is 6. The number of hydrogen-bond donors (Lipinski definition) is 0. The molecule has 0 spiro atoms. The van der Waals surface area contributed by atoms with Crippen molar-refractivity contribution < 1.29 is 0 Å². The summed E-state index contributed by atoms with van der Waals surface area (Å²) in [5, 5.41) is 1.24. The molecule has 0 aliphatic carbocycles. The van der Waals surface area contributed by atoms with Gasteiger partial charge in [-0.2, -0.15) is 0 Å². The van der Waals surface area contributed by atoms with Crippen LogP contribution in [0.25, 0.3) is 0 Å². The van der Waals surface area contributed by atoms with Crippen LogP contribution in [0.2, 0.25) is 0 Å². The maximum atomic E-state index is 4.11. The van der Waals surface area contributed by atoms with E-state index in [0.29, 0.717) is 0 Å². The smallest absolute Gasteiger partial charge is 0.0798 e.